The Balaban J connectivity index is 2.02. The zero-order chi connectivity index (χ0) is 18.5. The van der Waals surface area contributed by atoms with Crippen molar-refractivity contribution in [2.24, 2.45) is 0 Å². The molecule has 0 atom stereocenters. The van der Waals surface area contributed by atoms with Crippen molar-refractivity contribution in [3.05, 3.63) is 57.9 Å². The number of nitrogens with one attached hydrogen (secondary N) is 1. The third-order valence-corrected chi connectivity index (χ3v) is 4.72. The molecule has 2 N–H and O–H groups in total. The van der Waals surface area contributed by atoms with Gasteiger partial charge in [-0.1, -0.05) is 38.8 Å². The lowest BCUT2D eigenvalue weighted by Gasteiger charge is -2.09. The number of hydrogen-bond donors (Lipinski definition) is 2. The summed E-state index contributed by atoms with van der Waals surface area (Å²) in [6, 6.07) is 11.4. The fraction of sp³-hybridized carbons (Fsp3) is 0.364. The molecule has 0 spiro atoms. The summed E-state index contributed by atoms with van der Waals surface area (Å²) in [5.41, 5.74) is 3.36. The Labute approximate surface area is 153 Å². The van der Waals surface area contributed by atoms with Crippen LogP contribution in [-0.4, -0.2) is 15.1 Å². The summed E-state index contributed by atoms with van der Waals surface area (Å²) in [7, 11) is 0. The largest absolute Gasteiger partial charge is 0.507 e. The summed E-state index contributed by atoms with van der Waals surface area (Å²) < 4.78 is 0. The van der Waals surface area contributed by atoms with Gasteiger partial charge in [-0.15, -0.1) is 0 Å². The number of nitrogens with zero attached hydrogens (tertiary/aromatic N) is 1. The Kier molecular flexibility index (Phi) is 5.71. The second kappa shape index (κ2) is 8.17. The summed E-state index contributed by atoms with van der Waals surface area (Å²) in [5.74, 6) is 0.548. The minimum absolute atomic E-state index is 0.132. The van der Waals surface area contributed by atoms with Crippen molar-refractivity contribution in [1.29, 1.82) is 0 Å². The van der Waals surface area contributed by atoms with Crippen molar-refractivity contribution in [2.45, 2.75) is 52.4 Å². The van der Waals surface area contributed by atoms with Crippen LogP contribution < -0.4 is 5.56 Å². The van der Waals surface area contributed by atoms with Gasteiger partial charge in [0.15, 0.2) is 0 Å². The van der Waals surface area contributed by atoms with Gasteiger partial charge in [0.05, 0.1) is 16.5 Å². The number of aromatic amines is 1. The highest BCUT2D eigenvalue weighted by Gasteiger charge is 2.11. The molecule has 0 saturated carbocycles. The first-order chi connectivity index (χ1) is 12.6. The van der Waals surface area contributed by atoms with Gasteiger partial charge in [-0.05, 0) is 61.1 Å². The maximum absolute atomic E-state index is 12.6. The molecule has 0 fully saturated rings. The molecule has 0 aliphatic rings. The number of aryl methyl sites for hydroxylation is 2. The van der Waals surface area contributed by atoms with Gasteiger partial charge in [0, 0.05) is 0 Å². The highest BCUT2D eigenvalue weighted by atomic mass is 16.3. The van der Waals surface area contributed by atoms with Gasteiger partial charge in [0.2, 0.25) is 0 Å². The number of unbranched alkanes of at least 4 members (excludes halogenated alkanes) is 2. The van der Waals surface area contributed by atoms with Crippen molar-refractivity contribution < 1.29 is 5.11 Å². The van der Waals surface area contributed by atoms with Crippen molar-refractivity contribution in [3.8, 4) is 17.1 Å². The van der Waals surface area contributed by atoms with E-state index in [-0.39, 0.29) is 11.3 Å². The molecule has 0 radical (unpaired) electrons. The molecule has 1 aromatic heterocycles. The van der Waals surface area contributed by atoms with E-state index in [2.05, 4.69) is 23.8 Å². The van der Waals surface area contributed by atoms with Crippen molar-refractivity contribution in [1.82, 2.24) is 9.97 Å². The number of phenolic OH excluding ortho intramolecular Hbond substituents is 1. The first kappa shape index (κ1) is 18.2. The van der Waals surface area contributed by atoms with Gasteiger partial charge in [0.25, 0.3) is 5.56 Å². The lowest BCUT2D eigenvalue weighted by molar-refractivity contribution is 0.476. The predicted molar refractivity (Wildman–Crippen MR) is 107 cm³/mol. The van der Waals surface area contributed by atoms with Gasteiger partial charge in [-0.25, -0.2) is 4.98 Å². The van der Waals surface area contributed by atoms with E-state index >= 15 is 0 Å². The number of benzene rings is 2. The normalized spacial score (nSPS) is 11.2. The average Bonchev–Trinajstić information content (AvgIpc) is 2.65. The first-order valence-corrected chi connectivity index (χ1v) is 9.47. The number of hydrogen-bond acceptors (Lipinski definition) is 3. The second-order valence-electron chi connectivity index (χ2n) is 6.82. The Morgan fingerprint density at radius 2 is 1.62 bits per heavy atom. The summed E-state index contributed by atoms with van der Waals surface area (Å²) >= 11 is 0. The smallest absolute Gasteiger partial charge is 0.259 e. The maximum atomic E-state index is 12.6. The minimum atomic E-state index is -0.165. The van der Waals surface area contributed by atoms with E-state index in [1.807, 2.05) is 30.3 Å². The Morgan fingerprint density at radius 3 is 2.31 bits per heavy atom. The van der Waals surface area contributed by atoms with Crippen LogP contribution in [0.1, 0.15) is 50.7 Å². The number of rotatable bonds is 7. The van der Waals surface area contributed by atoms with Crippen LogP contribution in [0.3, 0.4) is 0 Å². The number of aromatic hydroxyl groups is 1. The molecule has 0 bridgehead atoms. The zero-order valence-electron chi connectivity index (χ0n) is 15.5. The van der Waals surface area contributed by atoms with Crippen molar-refractivity contribution in [3.63, 3.8) is 0 Å². The van der Waals surface area contributed by atoms with Crippen LogP contribution in [0, 0.1) is 0 Å². The summed E-state index contributed by atoms with van der Waals surface area (Å²) in [4.78, 5) is 20.0. The quantitative estimate of drug-likeness (QED) is 0.631. The third kappa shape index (κ3) is 3.96. The number of aromatic nitrogens is 2. The molecular formula is C22H26N2O2. The number of phenols is 1. The van der Waals surface area contributed by atoms with Crippen LogP contribution in [0.5, 0.6) is 5.75 Å². The van der Waals surface area contributed by atoms with Gasteiger partial charge in [-0.2, -0.15) is 0 Å². The molecule has 4 heteroatoms. The summed E-state index contributed by atoms with van der Waals surface area (Å²) in [6.45, 7) is 4.31. The van der Waals surface area contributed by atoms with E-state index in [4.69, 9.17) is 0 Å². The molecule has 0 amide bonds. The van der Waals surface area contributed by atoms with E-state index in [1.165, 1.54) is 0 Å². The molecule has 3 aromatic rings. The predicted octanol–water partition coefficient (Wildman–Crippen LogP) is 4.98. The molecule has 0 saturated heterocycles. The van der Waals surface area contributed by atoms with Gasteiger partial charge < -0.3 is 10.1 Å². The van der Waals surface area contributed by atoms with Crippen LogP contribution in [0.25, 0.3) is 22.3 Å². The Morgan fingerprint density at radius 1 is 0.962 bits per heavy atom. The second-order valence-corrected chi connectivity index (χ2v) is 6.82. The molecule has 0 unspecified atom stereocenters. The van der Waals surface area contributed by atoms with Gasteiger partial charge in [-0.3, -0.25) is 4.79 Å². The van der Waals surface area contributed by atoms with Crippen LogP contribution in [0.15, 0.2) is 41.2 Å². The summed E-state index contributed by atoms with van der Waals surface area (Å²) in [6.07, 6.45) is 6.34. The third-order valence-electron chi connectivity index (χ3n) is 4.72. The van der Waals surface area contributed by atoms with E-state index in [1.54, 1.807) is 6.07 Å². The van der Waals surface area contributed by atoms with Crippen LogP contribution in [-0.2, 0) is 12.8 Å². The molecule has 136 valence electrons. The highest BCUT2D eigenvalue weighted by molar-refractivity contribution is 5.81. The van der Waals surface area contributed by atoms with Crippen LogP contribution in [0.4, 0.5) is 0 Å². The molecule has 0 aliphatic heterocycles. The lowest BCUT2D eigenvalue weighted by Crippen LogP contribution is -2.10. The molecule has 3 rings (SSSR count). The highest BCUT2D eigenvalue weighted by Crippen LogP contribution is 2.28. The summed E-state index contributed by atoms with van der Waals surface area (Å²) in [5, 5.41) is 10.9. The lowest BCUT2D eigenvalue weighted by atomic mass is 10.0. The standard InChI is InChI=1S/C22H26N2O2/c1-3-5-7-15-9-11-19-17(13-15)22(26)24-21(23-19)18-14-16(8-6-4-2)10-12-20(18)25/h9-14,25H,3-8H2,1-2H3,(H,23,24,26). The molecule has 26 heavy (non-hydrogen) atoms. The monoisotopic (exact) mass is 350 g/mol. The van der Waals surface area contributed by atoms with Crippen LogP contribution in [0.2, 0.25) is 0 Å². The van der Waals surface area contributed by atoms with E-state index in [9.17, 15) is 9.90 Å². The fourth-order valence-corrected chi connectivity index (χ4v) is 3.16. The average molecular weight is 350 g/mol. The number of fused-ring (bicyclic) bond motifs is 1. The van der Waals surface area contributed by atoms with Crippen molar-refractivity contribution in [2.75, 3.05) is 0 Å². The number of H-pyrrole nitrogens is 1. The molecule has 1 heterocycles. The fourth-order valence-electron chi connectivity index (χ4n) is 3.16. The van der Waals surface area contributed by atoms with Gasteiger partial charge in [0.1, 0.15) is 11.6 Å². The SMILES string of the molecule is CCCCc1ccc(O)c(-c2nc3ccc(CCCC)cc3c(=O)[nH]2)c1. The van der Waals surface area contributed by atoms with E-state index in [0.717, 1.165) is 49.7 Å². The first-order valence-electron chi connectivity index (χ1n) is 9.47. The van der Waals surface area contributed by atoms with Gasteiger partial charge >= 0.3 is 0 Å². The van der Waals surface area contributed by atoms with E-state index in [0.29, 0.717) is 22.3 Å². The molecular weight excluding hydrogens is 324 g/mol. The van der Waals surface area contributed by atoms with Crippen LogP contribution >= 0.6 is 0 Å². The molecule has 0 aliphatic carbocycles. The Bertz CT molecular complexity index is 960. The Hall–Kier alpha value is -2.62. The van der Waals surface area contributed by atoms with E-state index < -0.39 is 0 Å². The molecule has 4 nitrogen and oxygen atoms in total. The zero-order valence-corrected chi connectivity index (χ0v) is 15.5. The minimum Gasteiger partial charge on any atom is -0.507 e. The maximum Gasteiger partial charge on any atom is 0.259 e. The topological polar surface area (TPSA) is 66.0 Å². The molecule has 2 aromatic carbocycles. The van der Waals surface area contributed by atoms with Crippen molar-refractivity contribution >= 4 is 10.9 Å².